The number of halogens is 1. The molecule has 2 aromatic rings. The van der Waals surface area contributed by atoms with Crippen molar-refractivity contribution in [3.63, 3.8) is 0 Å². The van der Waals surface area contributed by atoms with Crippen LogP contribution in [0.25, 0.3) is 0 Å². The van der Waals surface area contributed by atoms with Crippen LogP contribution in [0.1, 0.15) is 31.7 Å². The van der Waals surface area contributed by atoms with Crippen LogP contribution in [0.5, 0.6) is 0 Å². The Labute approximate surface area is 189 Å². The zero-order valence-electron chi connectivity index (χ0n) is 19.1. The third-order valence-corrected chi connectivity index (χ3v) is 7.46. The normalized spacial score (nSPS) is 27.6. The third kappa shape index (κ3) is 4.31. The number of likely N-dealkylation sites (tertiary alicyclic amines) is 1. The van der Waals surface area contributed by atoms with E-state index < -0.39 is 5.82 Å². The van der Waals surface area contributed by atoms with Crippen LogP contribution in [0.15, 0.2) is 36.5 Å². The first-order chi connectivity index (χ1) is 15.5. The van der Waals surface area contributed by atoms with Crippen molar-refractivity contribution in [1.82, 2.24) is 14.9 Å². The van der Waals surface area contributed by atoms with Gasteiger partial charge in [-0.05, 0) is 87.8 Å². The third-order valence-electron chi connectivity index (χ3n) is 7.46. The summed E-state index contributed by atoms with van der Waals surface area (Å²) in [7, 11) is 2.18. The standard InChI is InChI=1S/C25H33FN6/c1-15-12-20(6-7-22(15)28-19-8-10-32(3)11-9-19)29-25-27-14-21(26)24(31-25)30-23-16(2)17-4-5-18(23)13-17/h4-7,12,14,16-19,23,28H,8-11,13H2,1-3H3,(H2,27,29,30,31)/t16-,17+,18-,23-/m0/s1. The van der Waals surface area contributed by atoms with Gasteiger partial charge in [0.05, 0.1) is 6.20 Å². The number of hydrogen-bond acceptors (Lipinski definition) is 6. The molecule has 0 amide bonds. The highest BCUT2D eigenvalue weighted by molar-refractivity contribution is 5.63. The molecule has 1 saturated heterocycles. The lowest BCUT2D eigenvalue weighted by Gasteiger charge is -2.30. The summed E-state index contributed by atoms with van der Waals surface area (Å²) in [5, 5.41) is 10.3. The second-order valence-electron chi connectivity index (χ2n) is 9.74. The Hall–Kier alpha value is -2.67. The monoisotopic (exact) mass is 436 g/mol. The summed E-state index contributed by atoms with van der Waals surface area (Å²) in [6.07, 6.45) is 9.26. The number of aromatic nitrogens is 2. The minimum absolute atomic E-state index is 0.217. The maximum Gasteiger partial charge on any atom is 0.229 e. The quantitative estimate of drug-likeness (QED) is 0.566. The predicted octanol–water partition coefficient (Wildman–Crippen LogP) is 4.80. The van der Waals surface area contributed by atoms with Gasteiger partial charge in [0, 0.05) is 23.5 Å². The molecular formula is C25H33FN6. The molecule has 6 nitrogen and oxygen atoms in total. The molecule has 1 saturated carbocycles. The van der Waals surface area contributed by atoms with Gasteiger partial charge in [0.1, 0.15) is 0 Å². The van der Waals surface area contributed by atoms with Gasteiger partial charge in [-0.3, -0.25) is 0 Å². The zero-order chi connectivity index (χ0) is 22.2. The molecule has 7 heteroatoms. The molecule has 2 bridgehead atoms. The Morgan fingerprint density at radius 1 is 1.09 bits per heavy atom. The van der Waals surface area contributed by atoms with Gasteiger partial charge < -0.3 is 20.9 Å². The van der Waals surface area contributed by atoms with Gasteiger partial charge in [-0.25, -0.2) is 9.37 Å². The van der Waals surface area contributed by atoms with Gasteiger partial charge in [-0.1, -0.05) is 19.1 Å². The van der Waals surface area contributed by atoms with Crippen molar-refractivity contribution in [3.8, 4) is 0 Å². The molecule has 2 aliphatic carbocycles. The summed E-state index contributed by atoms with van der Waals surface area (Å²) in [6, 6.07) is 6.93. The largest absolute Gasteiger partial charge is 0.382 e. The molecule has 1 aliphatic heterocycles. The molecule has 1 aromatic heterocycles. The van der Waals surface area contributed by atoms with Crippen molar-refractivity contribution in [2.24, 2.45) is 17.8 Å². The molecule has 1 aromatic carbocycles. The van der Waals surface area contributed by atoms with Gasteiger partial charge in [-0.2, -0.15) is 4.98 Å². The topological polar surface area (TPSA) is 65.1 Å². The molecule has 2 fully saturated rings. The van der Waals surface area contributed by atoms with E-state index in [4.69, 9.17) is 0 Å². The lowest BCUT2D eigenvalue weighted by Crippen LogP contribution is -2.36. The van der Waals surface area contributed by atoms with E-state index in [1.165, 1.54) is 6.20 Å². The molecule has 0 spiro atoms. The molecule has 3 N–H and O–H groups in total. The Balaban J connectivity index is 1.25. The van der Waals surface area contributed by atoms with E-state index in [2.05, 4.69) is 76.0 Å². The first-order valence-electron chi connectivity index (χ1n) is 11.8. The lowest BCUT2D eigenvalue weighted by atomic mass is 9.91. The van der Waals surface area contributed by atoms with E-state index in [-0.39, 0.29) is 11.9 Å². The highest BCUT2D eigenvalue weighted by atomic mass is 19.1. The van der Waals surface area contributed by atoms with Crippen molar-refractivity contribution < 1.29 is 4.39 Å². The van der Waals surface area contributed by atoms with E-state index in [9.17, 15) is 4.39 Å². The molecule has 0 radical (unpaired) electrons. The van der Waals surface area contributed by atoms with Crippen LogP contribution in [0.4, 0.5) is 27.5 Å². The summed E-state index contributed by atoms with van der Waals surface area (Å²) in [6.45, 7) is 6.59. The van der Waals surface area contributed by atoms with Crippen LogP contribution >= 0.6 is 0 Å². The van der Waals surface area contributed by atoms with Crippen LogP contribution in [-0.4, -0.2) is 47.1 Å². The van der Waals surface area contributed by atoms with E-state index in [1.54, 1.807) is 0 Å². The van der Waals surface area contributed by atoms with Crippen molar-refractivity contribution in [1.29, 1.82) is 0 Å². The SMILES string of the molecule is Cc1cc(Nc2ncc(F)c(N[C@H]3[C@@H](C)[C@@H]4C=C[C@H]3C4)n2)ccc1NC1CCN(C)CC1. The zero-order valence-corrected chi connectivity index (χ0v) is 19.1. The number of anilines is 4. The maximum absolute atomic E-state index is 14.5. The predicted molar refractivity (Wildman–Crippen MR) is 128 cm³/mol. The number of hydrogen-bond donors (Lipinski definition) is 3. The summed E-state index contributed by atoms with van der Waals surface area (Å²) < 4.78 is 14.5. The van der Waals surface area contributed by atoms with Gasteiger partial charge in [0.25, 0.3) is 0 Å². The summed E-state index contributed by atoms with van der Waals surface area (Å²) in [4.78, 5) is 11.0. The average Bonchev–Trinajstić information content (AvgIpc) is 3.37. The van der Waals surface area contributed by atoms with E-state index in [0.717, 1.165) is 49.3 Å². The first-order valence-corrected chi connectivity index (χ1v) is 11.8. The van der Waals surface area contributed by atoms with Crippen LogP contribution in [-0.2, 0) is 0 Å². The number of aryl methyl sites for hydroxylation is 1. The van der Waals surface area contributed by atoms with Gasteiger partial charge in [-0.15, -0.1) is 0 Å². The number of fused-ring (bicyclic) bond motifs is 2. The molecular weight excluding hydrogens is 403 g/mol. The number of nitrogens with one attached hydrogen (secondary N) is 3. The van der Waals surface area contributed by atoms with Gasteiger partial charge >= 0.3 is 0 Å². The highest BCUT2D eigenvalue weighted by Gasteiger charge is 2.42. The molecule has 0 unspecified atom stereocenters. The van der Waals surface area contributed by atoms with Gasteiger partial charge in [0.2, 0.25) is 5.95 Å². The second-order valence-corrected chi connectivity index (χ2v) is 9.74. The summed E-state index contributed by atoms with van der Waals surface area (Å²) >= 11 is 0. The fourth-order valence-corrected chi connectivity index (χ4v) is 5.40. The highest BCUT2D eigenvalue weighted by Crippen LogP contribution is 2.44. The number of benzene rings is 1. The van der Waals surface area contributed by atoms with Crippen LogP contribution in [0.3, 0.4) is 0 Å². The summed E-state index contributed by atoms with van der Waals surface area (Å²) in [5.41, 5.74) is 3.22. The molecule has 3 aliphatic rings. The number of rotatable bonds is 6. The Morgan fingerprint density at radius 3 is 2.59 bits per heavy atom. The Bertz CT molecular complexity index is 1000. The van der Waals surface area contributed by atoms with Crippen molar-refractivity contribution in [2.45, 2.75) is 45.2 Å². The van der Waals surface area contributed by atoms with E-state index >= 15 is 0 Å². The minimum atomic E-state index is -0.414. The maximum atomic E-state index is 14.5. The molecule has 32 heavy (non-hydrogen) atoms. The van der Waals surface area contributed by atoms with Crippen molar-refractivity contribution in [2.75, 3.05) is 36.1 Å². The Morgan fingerprint density at radius 2 is 1.88 bits per heavy atom. The van der Waals surface area contributed by atoms with Gasteiger partial charge in [0.15, 0.2) is 11.6 Å². The van der Waals surface area contributed by atoms with Crippen molar-refractivity contribution in [3.05, 3.63) is 47.9 Å². The molecule has 5 rings (SSSR count). The number of allylic oxidation sites excluding steroid dienone is 1. The number of nitrogens with zero attached hydrogens (tertiary/aromatic N) is 3. The molecule has 170 valence electrons. The molecule has 4 atom stereocenters. The average molecular weight is 437 g/mol. The lowest BCUT2D eigenvalue weighted by molar-refractivity contribution is 0.264. The van der Waals surface area contributed by atoms with Crippen LogP contribution in [0.2, 0.25) is 0 Å². The van der Waals surface area contributed by atoms with Crippen molar-refractivity contribution >= 4 is 23.1 Å². The fraction of sp³-hybridized carbons (Fsp3) is 0.520. The smallest absolute Gasteiger partial charge is 0.229 e. The first kappa shape index (κ1) is 21.2. The Kier molecular flexibility index (Phi) is 5.76. The van der Waals surface area contributed by atoms with Crippen LogP contribution in [0, 0.1) is 30.5 Å². The van der Waals surface area contributed by atoms with Crippen LogP contribution < -0.4 is 16.0 Å². The molecule has 2 heterocycles. The fourth-order valence-electron chi connectivity index (χ4n) is 5.40. The minimum Gasteiger partial charge on any atom is -0.382 e. The van der Waals surface area contributed by atoms with E-state index in [0.29, 0.717) is 29.7 Å². The second kappa shape index (κ2) is 8.70. The number of piperidine rings is 1. The summed E-state index contributed by atoms with van der Waals surface area (Å²) in [5.74, 6) is 1.78. The van der Waals surface area contributed by atoms with E-state index in [1.807, 2.05) is 6.07 Å².